The molecule has 0 spiro atoms. The van der Waals surface area contributed by atoms with E-state index in [0.717, 1.165) is 52.2 Å². The highest BCUT2D eigenvalue weighted by Gasteiger charge is 2.50. The molecule has 2 bridgehead atoms. The Morgan fingerprint density at radius 2 is 1.74 bits per heavy atom. The maximum absolute atomic E-state index is 11.2. The average molecular weight is 317 g/mol. The first-order chi connectivity index (χ1) is 11.1. The number of hydrogen-bond donors (Lipinski definition) is 1. The molecule has 3 aliphatic heterocycles. The number of ether oxygens (including phenoxy) is 2. The Morgan fingerprint density at radius 3 is 2.30 bits per heavy atom. The van der Waals surface area contributed by atoms with Crippen LogP contribution in [0.4, 0.5) is 0 Å². The molecule has 4 rings (SSSR count). The SMILES string of the molecule is CC1(CC2(O)CC3COCC(C2)N3Cc2ccccc2)COC1. The number of aliphatic hydroxyl groups is 1. The van der Waals surface area contributed by atoms with Gasteiger partial charge in [-0.05, 0) is 24.8 Å². The molecule has 0 amide bonds. The van der Waals surface area contributed by atoms with Gasteiger partial charge in [0.05, 0.1) is 32.0 Å². The van der Waals surface area contributed by atoms with Crippen molar-refractivity contribution in [2.24, 2.45) is 5.41 Å². The number of benzene rings is 1. The smallest absolute Gasteiger partial charge is 0.0686 e. The van der Waals surface area contributed by atoms with Gasteiger partial charge in [0, 0.05) is 24.0 Å². The molecule has 2 unspecified atom stereocenters. The quantitative estimate of drug-likeness (QED) is 0.924. The molecule has 3 saturated heterocycles. The van der Waals surface area contributed by atoms with Gasteiger partial charge in [-0.15, -0.1) is 0 Å². The highest BCUT2D eigenvalue weighted by atomic mass is 16.5. The lowest BCUT2D eigenvalue weighted by atomic mass is 9.70. The fourth-order valence-corrected chi connectivity index (χ4v) is 4.69. The highest BCUT2D eigenvalue weighted by molar-refractivity contribution is 5.16. The van der Waals surface area contributed by atoms with Crippen LogP contribution in [0.5, 0.6) is 0 Å². The molecule has 0 aliphatic carbocycles. The van der Waals surface area contributed by atoms with Crippen LogP contribution in [0.3, 0.4) is 0 Å². The van der Waals surface area contributed by atoms with Gasteiger partial charge in [-0.1, -0.05) is 37.3 Å². The molecule has 0 aromatic heterocycles. The molecule has 1 aromatic carbocycles. The Hall–Kier alpha value is -0.940. The standard InChI is InChI=1S/C19H27NO3/c1-18(13-23-14-18)12-19(21)7-16-10-22-11-17(8-19)20(16)9-15-5-3-2-4-6-15/h2-6,16-17,21H,7-14H2,1H3. The minimum Gasteiger partial charge on any atom is -0.390 e. The Bertz CT molecular complexity index is 529. The van der Waals surface area contributed by atoms with E-state index in [-0.39, 0.29) is 5.41 Å². The number of hydrogen-bond acceptors (Lipinski definition) is 4. The molecule has 3 fully saturated rings. The summed E-state index contributed by atoms with van der Waals surface area (Å²) in [4.78, 5) is 2.55. The first-order valence-corrected chi connectivity index (χ1v) is 8.73. The van der Waals surface area contributed by atoms with Gasteiger partial charge in [-0.3, -0.25) is 4.90 Å². The van der Waals surface area contributed by atoms with E-state index in [9.17, 15) is 5.11 Å². The van der Waals surface area contributed by atoms with E-state index in [0.29, 0.717) is 12.1 Å². The van der Waals surface area contributed by atoms with Gasteiger partial charge >= 0.3 is 0 Å². The van der Waals surface area contributed by atoms with Crippen LogP contribution in [-0.2, 0) is 16.0 Å². The predicted octanol–water partition coefficient (Wildman–Crippen LogP) is 2.21. The third kappa shape index (κ3) is 3.18. The second kappa shape index (κ2) is 5.85. The van der Waals surface area contributed by atoms with E-state index in [1.807, 2.05) is 0 Å². The first-order valence-electron chi connectivity index (χ1n) is 8.73. The molecule has 126 valence electrons. The lowest BCUT2D eigenvalue weighted by Crippen LogP contribution is -2.62. The number of nitrogens with zero attached hydrogens (tertiary/aromatic N) is 1. The third-order valence-corrected chi connectivity index (χ3v) is 5.65. The Morgan fingerprint density at radius 1 is 1.09 bits per heavy atom. The Kier molecular flexibility index (Phi) is 3.96. The fraction of sp³-hybridized carbons (Fsp3) is 0.684. The van der Waals surface area contributed by atoms with E-state index in [1.165, 1.54) is 5.56 Å². The van der Waals surface area contributed by atoms with E-state index >= 15 is 0 Å². The van der Waals surface area contributed by atoms with Crippen molar-refractivity contribution in [2.75, 3.05) is 26.4 Å². The molecule has 3 heterocycles. The van der Waals surface area contributed by atoms with Crippen molar-refractivity contribution in [3.8, 4) is 0 Å². The maximum Gasteiger partial charge on any atom is 0.0686 e. The van der Waals surface area contributed by atoms with Gasteiger partial charge in [0.1, 0.15) is 0 Å². The van der Waals surface area contributed by atoms with Crippen molar-refractivity contribution in [3.05, 3.63) is 35.9 Å². The zero-order chi connectivity index (χ0) is 15.9. The Labute approximate surface area is 138 Å². The van der Waals surface area contributed by atoms with Crippen molar-refractivity contribution in [2.45, 2.75) is 50.4 Å². The lowest BCUT2D eigenvalue weighted by Gasteiger charge is -2.54. The number of rotatable bonds is 4. The van der Waals surface area contributed by atoms with Crippen LogP contribution in [0.1, 0.15) is 31.7 Å². The van der Waals surface area contributed by atoms with Crippen LogP contribution in [0.25, 0.3) is 0 Å². The van der Waals surface area contributed by atoms with E-state index in [2.05, 4.69) is 42.2 Å². The lowest BCUT2D eigenvalue weighted by molar-refractivity contribution is -0.186. The minimum absolute atomic E-state index is 0.158. The van der Waals surface area contributed by atoms with Crippen LogP contribution in [0.2, 0.25) is 0 Å². The summed E-state index contributed by atoms with van der Waals surface area (Å²) in [6.07, 6.45) is 2.48. The fourth-order valence-electron chi connectivity index (χ4n) is 4.69. The summed E-state index contributed by atoms with van der Waals surface area (Å²) in [6.45, 7) is 6.23. The number of piperidine rings is 1. The zero-order valence-corrected chi connectivity index (χ0v) is 13.9. The third-order valence-electron chi connectivity index (χ3n) is 5.65. The van der Waals surface area contributed by atoms with Crippen molar-refractivity contribution < 1.29 is 14.6 Å². The second-order valence-corrected chi connectivity index (χ2v) is 8.12. The summed E-state index contributed by atoms with van der Waals surface area (Å²) < 4.78 is 11.2. The average Bonchev–Trinajstić information content (AvgIpc) is 2.48. The van der Waals surface area contributed by atoms with Crippen molar-refractivity contribution in [1.82, 2.24) is 4.90 Å². The van der Waals surface area contributed by atoms with Crippen LogP contribution < -0.4 is 0 Å². The normalized spacial score (nSPS) is 36.4. The topological polar surface area (TPSA) is 41.9 Å². The van der Waals surface area contributed by atoms with Gasteiger partial charge in [0.2, 0.25) is 0 Å². The summed E-state index contributed by atoms with van der Waals surface area (Å²) in [6, 6.07) is 11.3. The summed E-state index contributed by atoms with van der Waals surface area (Å²) >= 11 is 0. The summed E-state index contributed by atoms with van der Waals surface area (Å²) in [7, 11) is 0. The minimum atomic E-state index is -0.565. The van der Waals surface area contributed by atoms with Crippen molar-refractivity contribution in [1.29, 1.82) is 0 Å². The van der Waals surface area contributed by atoms with Crippen LogP contribution in [0.15, 0.2) is 30.3 Å². The highest BCUT2D eigenvalue weighted by Crippen LogP contribution is 2.44. The molecule has 23 heavy (non-hydrogen) atoms. The molecular weight excluding hydrogens is 290 g/mol. The van der Waals surface area contributed by atoms with Gasteiger partial charge in [-0.25, -0.2) is 0 Å². The van der Waals surface area contributed by atoms with Crippen LogP contribution in [-0.4, -0.2) is 54.1 Å². The molecule has 0 saturated carbocycles. The number of morpholine rings is 1. The van der Waals surface area contributed by atoms with Gasteiger partial charge in [0.25, 0.3) is 0 Å². The molecule has 1 aromatic rings. The zero-order valence-electron chi connectivity index (χ0n) is 13.9. The Balaban J connectivity index is 1.48. The van der Waals surface area contributed by atoms with E-state index in [1.54, 1.807) is 0 Å². The van der Waals surface area contributed by atoms with Crippen LogP contribution in [0, 0.1) is 5.41 Å². The van der Waals surface area contributed by atoms with Gasteiger partial charge in [0.15, 0.2) is 0 Å². The molecule has 2 atom stereocenters. The van der Waals surface area contributed by atoms with E-state index in [4.69, 9.17) is 9.47 Å². The largest absolute Gasteiger partial charge is 0.390 e. The predicted molar refractivity (Wildman–Crippen MR) is 88.1 cm³/mol. The summed E-state index contributed by atoms with van der Waals surface area (Å²) in [5.74, 6) is 0. The molecule has 4 nitrogen and oxygen atoms in total. The molecule has 3 aliphatic rings. The molecule has 0 radical (unpaired) electrons. The molecular formula is C19H27NO3. The van der Waals surface area contributed by atoms with Crippen molar-refractivity contribution in [3.63, 3.8) is 0 Å². The molecule has 4 heteroatoms. The van der Waals surface area contributed by atoms with Crippen LogP contribution >= 0.6 is 0 Å². The van der Waals surface area contributed by atoms with Gasteiger partial charge in [-0.2, -0.15) is 0 Å². The van der Waals surface area contributed by atoms with E-state index < -0.39 is 5.60 Å². The summed E-state index contributed by atoms with van der Waals surface area (Å²) in [5.41, 5.74) is 0.935. The monoisotopic (exact) mass is 317 g/mol. The molecule has 1 N–H and O–H groups in total. The maximum atomic E-state index is 11.2. The van der Waals surface area contributed by atoms with Gasteiger partial charge < -0.3 is 14.6 Å². The summed E-state index contributed by atoms with van der Waals surface area (Å²) in [5, 5.41) is 11.2. The van der Waals surface area contributed by atoms with Crippen molar-refractivity contribution >= 4 is 0 Å². The second-order valence-electron chi connectivity index (χ2n) is 8.12. The number of fused-ring (bicyclic) bond motifs is 2. The first kappa shape index (κ1) is 15.6.